The molecule has 1 heterocycles. The van der Waals surface area contributed by atoms with E-state index in [-0.39, 0.29) is 17.7 Å². The van der Waals surface area contributed by atoms with Gasteiger partial charge in [-0.15, -0.1) is 0 Å². The summed E-state index contributed by atoms with van der Waals surface area (Å²) in [5, 5.41) is 14.0. The van der Waals surface area contributed by atoms with Gasteiger partial charge in [0, 0.05) is 25.6 Å². The lowest BCUT2D eigenvalue weighted by Gasteiger charge is -2.18. The number of esters is 2. The van der Waals surface area contributed by atoms with E-state index in [0.717, 1.165) is 37.6 Å². The molecule has 0 bridgehead atoms. The predicted octanol–water partition coefficient (Wildman–Crippen LogP) is 2.25. The molecule has 1 atom stereocenters. The summed E-state index contributed by atoms with van der Waals surface area (Å²) < 4.78 is 9.76. The molecule has 1 amide bonds. The number of nitrogens with zero attached hydrogens (tertiary/aromatic N) is 2. The summed E-state index contributed by atoms with van der Waals surface area (Å²) in [6.45, 7) is 0.785. The van der Waals surface area contributed by atoms with Gasteiger partial charge in [0.25, 0.3) is 11.6 Å². The highest BCUT2D eigenvalue weighted by molar-refractivity contribution is 5.93. The van der Waals surface area contributed by atoms with Gasteiger partial charge in [0.15, 0.2) is 6.61 Å². The fourth-order valence-electron chi connectivity index (χ4n) is 3.66. The number of carbonyl (C=O) groups excluding carboxylic acids is 3. The lowest BCUT2D eigenvalue weighted by molar-refractivity contribution is -0.384. The topological polar surface area (TPSA) is 128 Å². The fraction of sp³-hybridized carbons (Fsp3) is 0.348. The first-order valence-corrected chi connectivity index (χ1v) is 10.5. The van der Waals surface area contributed by atoms with Crippen molar-refractivity contribution in [1.29, 1.82) is 0 Å². The lowest BCUT2D eigenvalue weighted by Crippen LogP contribution is -2.44. The van der Waals surface area contributed by atoms with Crippen LogP contribution in [0, 0.1) is 10.1 Å². The Balaban J connectivity index is 1.61. The van der Waals surface area contributed by atoms with Gasteiger partial charge in [0.05, 0.1) is 17.6 Å². The van der Waals surface area contributed by atoms with Gasteiger partial charge < -0.3 is 19.7 Å². The minimum absolute atomic E-state index is 0.0359. The zero-order valence-corrected chi connectivity index (χ0v) is 18.2. The van der Waals surface area contributed by atoms with Crippen LogP contribution < -0.4 is 10.2 Å². The van der Waals surface area contributed by atoms with Gasteiger partial charge in [-0.3, -0.25) is 14.9 Å². The van der Waals surface area contributed by atoms with Crippen molar-refractivity contribution in [2.45, 2.75) is 25.3 Å². The number of nitrogens with one attached hydrogen (secondary N) is 1. The van der Waals surface area contributed by atoms with Crippen molar-refractivity contribution in [2.75, 3.05) is 31.7 Å². The Labute approximate surface area is 190 Å². The number of benzene rings is 2. The van der Waals surface area contributed by atoms with Crippen LogP contribution in [0.1, 0.15) is 28.8 Å². The molecule has 10 nitrogen and oxygen atoms in total. The van der Waals surface area contributed by atoms with Crippen molar-refractivity contribution in [3.8, 4) is 0 Å². The monoisotopic (exact) mass is 455 g/mol. The molecule has 0 aliphatic carbocycles. The van der Waals surface area contributed by atoms with E-state index in [1.54, 1.807) is 12.1 Å². The second kappa shape index (κ2) is 11.1. The van der Waals surface area contributed by atoms with Crippen LogP contribution in [-0.2, 0) is 25.5 Å². The Hall–Kier alpha value is -3.95. The molecule has 174 valence electrons. The molecule has 33 heavy (non-hydrogen) atoms. The van der Waals surface area contributed by atoms with E-state index in [1.807, 2.05) is 23.1 Å². The Bertz CT molecular complexity index is 1020. The van der Waals surface area contributed by atoms with Gasteiger partial charge in [0.1, 0.15) is 11.7 Å². The molecule has 1 saturated heterocycles. The zero-order chi connectivity index (χ0) is 23.8. The van der Waals surface area contributed by atoms with Crippen LogP contribution in [0.3, 0.4) is 0 Å². The van der Waals surface area contributed by atoms with Gasteiger partial charge >= 0.3 is 11.9 Å². The van der Waals surface area contributed by atoms with Crippen molar-refractivity contribution in [2.24, 2.45) is 0 Å². The molecule has 1 unspecified atom stereocenters. The second-order valence-corrected chi connectivity index (χ2v) is 7.56. The third kappa shape index (κ3) is 6.28. The normalized spacial score (nSPS) is 13.8. The van der Waals surface area contributed by atoms with E-state index >= 15 is 0 Å². The maximum Gasteiger partial charge on any atom is 0.338 e. The number of carbonyl (C=O) groups is 3. The SMILES string of the molecule is COC(=O)C(Cc1ccccc1)NC(=O)COC(=O)c1ccc(N2CCCC2)c([N+](=O)[O-])c1. The average Bonchev–Trinajstić information content (AvgIpc) is 3.36. The Morgan fingerprint density at radius 1 is 1.12 bits per heavy atom. The van der Waals surface area contributed by atoms with Crippen LogP contribution in [0.25, 0.3) is 0 Å². The number of anilines is 1. The standard InChI is InChI=1S/C23H25N3O7/c1-32-23(29)18(13-16-7-3-2-4-8-16)24-21(27)15-33-22(28)17-9-10-19(20(14-17)26(30)31)25-11-5-6-12-25/h2-4,7-10,14,18H,5-6,11-13,15H2,1H3,(H,24,27). The van der Waals surface area contributed by atoms with Crippen LogP contribution in [0.5, 0.6) is 0 Å². The number of nitro benzene ring substituents is 1. The second-order valence-electron chi connectivity index (χ2n) is 7.56. The van der Waals surface area contributed by atoms with Gasteiger partial charge in [-0.25, -0.2) is 9.59 Å². The molecule has 1 aliphatic heterocycles. The first-order chi connectivity index (χ1) is 15.9. The number of ether oxygens (including phenoxy) is 2. The van der Waals surface area contributed by atoms with Gasteiger partial charge in [0.2, 0.25) is 0 Å². The number of methoxy groups -OCH3 is 1. The van der Waals surface area contributed by atoms with E-state index < -0.39 is 35.4 Å². The van der Waals surface area contributed by atoms with Gasteiger partial charge in [-0.2, -0.15) is 0 Å². The number of amides is 1. The van der Waals surface area contributed by atoms with E-state index in [1.165, 1.54) is 19.2 Å². The van der Waals surface area contributed by atoms with Crippen molar-refractivity contribution < 1.29 is 28.8 Å². The van der Waals surface area contributed by atoms with Crippen LogP contribution >= 0.6 is 0 Å². The zero-order valence-electron chi connectivity index (χ0n) is 18.2. The molecular weight excluding hydrogens is 430 g/mol. The van der Waals surface area contributed by atoms with Crippen LogP contribution in [-0.4, -0.2) is 55.6 Å². The molecular formula is C23H25N3O7. The predicted molar refractivity (Wildman–Crippen MR) is 119 cm³/mol. The maximum atomic E-state index is 12.4. The number of hydrogen-bond acceptors (Lipinski definition) is 8. The summed E-state index contributed by atoms with van der Waals surface area (Å²) in [5.41, 5.74) is 1.04. The molecule has 2 aromatic rings. The molecule has 0 radical (unpaired) electrons. The first kappa shape index (κ1) is 23.7. The Kier molecular flexibility index (Phi) is 7.96. The molecule has 0 spiro atoms. The maximum absolute atomic E-state index is 12.4. The molecule has 1 N–H and O–H groups in total. The summed E-state index contributed by atoms with van der Waals surface area (Å²) >= 11 is 0. The molecule has 1 fully saturated rings. The highest BCUT2D eigenvalue weighted by Crippen LogP contribution is 2.31. The minimum atomic E-state index is -0.954. The first-order valence-electron chi connectivity index (χ1n) is 10.5. The molecule has 3 rings (SSSR count). The van der Waals surface area contributed by atoms with Crippen molar-refractivity contribution in [3.05, 3.63) is 69.8 Å². The smallest absolute Gasteiger partial charge is 0.338 e. The van der Waals surface area contributed by atoms with Gasteiger partial charge in [-0.1, -0.05) is 30.3 Å². The quantitative estimate of drug-likeness (QED) is 0.346. The number of hydrogen-bond donors (Lipinski definition) is 1. The Morgan fingerprint density at radius 2 is 1.82 bits per heavy atom. The molecule has 2 aromatic carbocycles. The summed E-state index contributed by atoms with van der Waals surface area (Å²) in [5.74, 6) is -2.21. The summed E-state index contributed by atoms with van der Waals surface area (Å²) in [6.07, 6.45) is 2.11. The number of rotatable bonds is 9. The van der Waals surface area contributed by atoms with Crippen LogP contribution in [0.2, 0.25) is 0 Å². The molecule has 10 heteroatoms. The van der Waals surface area contributed by atoms with E-state index in [9.17, 15) is 24.5 Å². The third-order valence-corrected chi connectivity index (χ3v) is 5.29. The van der Waals surface area contributed by atoms with Gasteiger partial charge in [-0.05, 0) is 30.5 Å². The third-order valence-electron chi connectivity index (χ3n) is 5.29. The molecule has 1 aliphatic rings. The summed E-state index contributed by atoms with van der Waals surface area (Å²) in [6, 6.07) is 12.2. The minimum Gasteiger partial charge on any atom is -0.467 e. The summed E-state index contributed by atoms with van der Waals surface area (Å²) in [4.78, 5) is 49.6. The molecule has 0 aromatic heterocycles. The number of nitro groups is 1. The largest absolute Gasteiger partial charge is 0.467 e. The average molecular weight is 455 g/mol. The Morgan fingerprint density at radius 3 is 2.45 bits per heavy atom. The lowest BCUT2D eigenvalue weighted by atomic mass is 10.1. The summed E-state index contributed by atoms with van der Waals surface area (Å²) in [7, 11) is 1.21. The van der Waals surface area contributed by atoms with Crippen LogP contribution in [0.15, 0.2) is 48.5 Å². The van der Waals surface area contributed by atoms with Crippen molar-refractivity contribution in [3.63, 3.8) is 0 Å². The van der Waals surface area contributed by atoms with Crippen molar-refractivity contribution >= 4 is 29.2 Å². The molecule has 0 saturated carbocycles. The van der Waals surface area contributed by atoms with E-state index in [2.05, 4.69) is 5.32 Å². The highest BCUT2D eigenvalue weighted by Gasteiger charge is 2.25. The highest BCUT2D eigenvalue weighted by atomic mass is 16.6. The van der Waals surface area contributed by atoms with E-state index in [4.69, 9.17) is 9.47 Å². The van der Waals surface area contributed by atoms with Crippen LogP contribution in [0.4, 0.5) is 11.4 Å². The fourth-order valence-corrected chi connectivity index (χ4v) is 3.66. The van der Waals surface area contributed by atoms with Crippen molar-refractivity contribution in [1.82, 2.24) is 5.32 Å². The van der Waals surface area contributed by atoms with E-state index in [0.29, 0.717) is 5.69 Å².